The highest BCUT2D eigenvalue weighted by Crippen LogP contribution is 2.03. The zero-order valence-electron chi connectivity index (χ0n) is 16.2. The predicted molar refractivity (Wildman–Crippen MR) is 111 cm³/mol. The number of hydrogen-bond acceptors (Lipinski definition) is 8. The zero-order valence-corrected chi connectivity index (χ0v) is 17.9. The third-order valence-electron chi connectivity index (χ3n) is 3.79. The van der Waals surface area contributed by atoms with Gasteiger partial charge in [-0.25, -0.2) is 0 Å². The minimum atomic E-state index is -1.30. The van der Waals surface area contributed by atoms with Crippen molar-refractivity contribution in [3.05, 3.63) is 0 Å². The summed E-state index contributed by atoms with van der Waals surface area (Å²) in [5.41, 5.74) is 5.75. The minimum Gasteiger partial charge on any atom is -0.481 e. The van der Waals surface area contributed by atoms with Gasteiger partial charge in [0.15, 0.2) is 0 Å². The Labute approximate surface area is 178 Å². The molecule has 0 saturated heterocycles. The molecular formula is C16H28N4O7S2. The quantitative estimate of drug-likeness (QED) is 0.153. The number of hydrogen-bond donors (Lipinski definition) is 7. The molecule has 0 spiro atoms. The van der Waals surface area contributed by atoms with Crippen LogP contribution in [0, 0.1) is 0 Å². The van der Waals surface area contributed by atoms with Gasteiger partial charge in [-0.2, -0.15) is 24.4 Å². The molecule has 3 amide bonds. The van der Waals surface area contributed by atoms with Crippen molar-refractivity contribution in [3.63, 3.8) is 0 Å². The molecule has 11 nitrogen and oxygen atoms in total. The average Bonchev–Trinajstić information content (AvgIpc) is 2.66. The molecule has 0 heterocycles. The molecule has 4 unspecified atom stereocenters. The molecule has 0 saturated carbocycles. The monoisotopic (exact) mass is 452 g/mol. The largest absolute Gasteiger partial charge is 0.481 e. The Hall–Kier alpha value is -1.99. The van der Waals surface area contributed by atoms with Gasteiger partial charge in [-0.1, -0.05) is 0 Å². The van der Waals surface area contributed by atoms with E-state index in [2.05, 4.69) is 28.6 Å². The van der Waals surface area contributed by atoms with Gasteiger partial charge in [-0.05, 0) is 31.8 Å². The van der Waals surface area contributed by atoms with Gasteiger partial charge in [0, 0.05) is 12.2 Å². The lowest BCUT2D eigenvalue weighted by atomic mass is 10.1. The first-order chi connectivity index (χ1) is 13.5. The van der Waals surface area contributed by atoms with E-state index >= 15 is 0 Å². The van der Waals surface area contributed by atoms with E-state index in [0.717, 1.165) is 0 Å². The van der Waals surface area contributed by atoms with E-state index in [-0.39, 0.29) is 12.2 Å². The molecule has 0 fully saturated rings. The number of carboxylic acids is 2. The van der Waals surface area contributed by atoms with Gasteiger partial charge in [-0.3, -0.25) is 24.0 Å². The summed E-state index contributed by atoms with van der Waals surface area (Å²) < 4.78 is 0. The summed E-state index contributed by atoms with van der Waals surface area (Å²) in [4.78, 5) is 58.5. The summed E-state index contributed by atoms with van der Waals surface area (Å²) in [6, 6.07) is -4.46. The van der Waals surface area contributed by atoms with Crippen LogP contribution in [0.3, 0.4) is 0 Å². The fraction of sp³-hybridized carbons (Fsp3) is 0.688. The van der Waals surface area contributed by atoms with Gasteiger partial charge in [0.25, 0.3) is 0 Å². The van der Waals surface area contributed by atoms with Crippen LogP contribution >= 0.6 is 24.4 Å². The lowest BCUT2D eigenvalue weighted by molar-refractivity contribution is -0.142. The first-order valence-electron chi connectivity index (χ1n) is 8.74. The van der Waals surface area contributed by atoms with Crippen LogP contribution in [0.1, 0.15) is 26.2 Å². The van der Waals surface area contributed by atoms with Crippen molar-refractivity contribution in [3.8, 4) is 0 Å². The Kier molecular flexibility index (Phi) is 13.1. The van der Waals surface area contributed by atoms with Gasteiger partial charge in [0.1, 0.15) is 18.1 Å². The summed E-state index contributed by atoms with van der Waals surface area (Å²) in [7, 11) is 0. The molecule has 0 aliphatic carbocycles. The predicted octanol–water partition coefficient (Wildman–Crippen LogP) is -1.58. The smallest absolute Gasteiger partial charge is 0.325 e. The van der Waals surface area contributed by atoms with Gasteiger partial charge < -0.3 is 31.9 Å². The number of aliphatic carboxylic acids is 2. The Bertz CT molecular complexity index is 606. The van der Waals surface area contributed by atoms with Crippen molar-refractivity contribution in [1.82, 2.24) is 16.0 Å². The highest BCUT2D eigenvalue weighted by atomic mass is 32.2. The molecule has 0 bridgehead atoms. The normalized spacial score (nSPS) is 14.8. The highest BCUT2D eigenvalue weighted by Gasteiger charge is 2.29. The molecule has 29 heavy (non-hydrogen) atoms. The molecule has 0 aromatic heterocycles. The Morgan fingerprint density at radius 3 is 2.00 bits per heavy atom. The second kappa shape index (κ2) is 14.1. The van der Waals surface area contributed by atoms with Crippen LogP contribution in [-0.4, -0.2) is 81.8 Å². The number of nitrogens with one attached hydrogen (secondary N) is 3. The van der Waals surface area contributed by atoms with Crippen LogP contribution < -0.4 is 21.7 Å². The second-order valence-corrected chi connectivity index (χ2v) is 7.54. The van der Waals surface area contributed by atoms with Crippen molar-refractivity contribution in [2.24, 2.45) is 5.73 Å². The molecule has 0 radical (unpaired) electrons. The number of amides is 3. The number of nitrogens with two attached hydrogens (primary N) is 1. The number of carbonyl (C=O) groups excluding carboxylic acids is 3. The third-order valence-corrected chi connectivity index (χ3v) is 4.80. The van der Waals surface area contributed by atoms with E-state index in [1.165, 1.54) is 18.7 Å². The lowest BCUT2D eigenvalue weighted by Gasteiger charge is -2.23. The van der Waals surface area contributed by atoms with Gasteiger partial charge in [-0.15, -0.1) is 0 Å². The van der Waals surface area contributed by atoms with Crippen LogP contribution in [0.4, 0.5) is 0 Å². The summed E-state index contributed by atoms with van der Waals surface area (Å²) in [6.45, 7) is 1.23. The molecule has 13 heteroatoms. The molecule has 7 N–H and O–H groups in total. The molecule has 0 aromatic rings. The SMILES string of the molecule is CSCCC(N)C(=O)NC(CS)C(=O)NC(CCC(=O)O)C(=O)NC(C)C(=O)O. The van der Waals surface area contributed by atoms with E-state index in [9.17, 15) is 24.0 Å². The molecule has 0 aromatic carbocycles. The second-order valence-electron chi connectivity index (χ2n) is 6.19. The van der Waals surface area contributed by atoms with Crippen LogP contribution in [0.25, 0.3) is 0 Å². The van der Waals surface area contributed by atoms with Crippen molar-refractivity contribution in [1.29, 1.82) is 0 Å². The third kappa shape index (κ3) is 10.9. The standard InChI is InChI=1S/C16H28N4O7S2/c1-8(16(26)27)18-14(24)10(3-4-12(21)22)19-15(25)11(7-28)20-13(23)9(17)5-6-29-2/h8-11,28H,3-7,17H2,1-2H3,(H,18,24)(H,19,25)(H,20,23)(H,21,22)(H,26,27). The Morgan fingerprint density at radius 1 is 0.966 bits per heavy atom. The fourth-order valence-corrected chi connectivity index (χ4v) is 2.78. The van der Waals surface area contributed by atoms with E-state index in [0.29, 0.717) is 12.2 Å². The maximum absolute atomic E-state index is 12.5. The number of carbonyl (C=O) groups is 5. The average molecular weight is 453 g/mol. The molecule has 0 aliphatic rings. The zero-order chi connectivity index (χ0) is 22.6. The number of thioether (sulfide) groups is 1. The van der Waals surface area contributed by atoms with Crippen LogP contribution in [0.15, 0.2) is 0 Å². The first-order valence-corrected chi connectivity index (χ1v) is 10.8. The van der Waals surface area contributed by atoms with Gasteiger partial charge in [0.05, 0.1) is 6.04 Å². The first kappa shape index (κ1) is 27.0. The van der Waals surface area contributed by atoms with E-state index < -0.39 is 60.2 Å². The van der Waals surface area contributed by atoms with Crippen LogP contribution in [0.2, 0.25) is 0 Å². The van der Waals surface area contributed by atoms with Gasteiger partial charge >= 0.3 is 11.9 Å². The minimum absolute atomic E-state index is 0.0916. The van der Waals surface area contributed by atoms with Crippen molar-refractivity contribution < 1.29 is 34.2 Å². The Balaban J connectivity index is 5.09. The number of thiol groups is 1. The number of rotatable bonds is 14. The van der Waals surface area contributed by atoms with E-state index in [1.54, 1.807) is 0 Å². The van der Waals surface area contributed by atoms with Crippen molar-refractivity contribution in [2.75, 3.05) is 17.8 Å². The van der Waals surface area contributed by atoms with Crippen LogP contribution in [-0.2, 0) is 24.0 Å². The highest BCUT2D eigenvalue weighted by molar-refractivity contribution is 7.98. The molecule has 166 valence electrons. The summed E-state index contributed by atoms with van der Waals surface area (Å²) >= 11 is 5.53. The van der Waals surface area contributed by atoms with E-state index in [4.69, 9.17) is 15.9 Å². The topological polar surface area (TPSA) is 188 Å². The summed E-state index contributed by atoms with van der Waals surface area (Å²) in [6.07, 6.45) is 1.57. The molecule has 0 aliphatic heterocycles. The Morgan fingerprint density at radius 2 is 1.52 bits per heavy atom. The lowest BCUT2D eigenvalue weighted by Crippen LogP contribution is -2.57. The molecular weight excluding hydrogens is 424 g/mol. The molecule has 4 atom stereocenters. The maximum Gasteiger partial charge on any atom is 0.325 e. The van der Waals surface area contributed by atoms with Crippen molar-refractivity contribution in [2.45, 2.75) is 50.4 Å². The maximum atomic E-state index is 12.5. The molecule has 0 rings (SSSR count). The number of carboxylic acid groups (broad SMARTS) is 2. The van der Waals surface area contributed by atoms with Gasteiger partial charge in [0.2, 0.25) is 17.7 Å². The van der Waals surface area contributed by atoms with Crippen LogP contribution in [0.5, 0.6) is 0 Å². The van der Waals surface area contributed by atoms with Crippen molar-refractivity contribution >= 4 is 54.1 Å². The fourth-order valence-electron chi connectivity index (χ4n) is 2.03. The van der Waals surface area contributed by atoms with E-state index in [1.807, 2.05) is 6.26 Å². The summed E-state index contributed by atoms with van der Waals surface area (Å²) in [5, 5.41) is 24.7. The summed E-state index contributed by atoms with van der Waals surface area (Å²) in [5.74, 6) is -4.09.